The number of carbonyl (C=O) groups excluding carboxylic acids is 1. The number of nitriles is 1. The van der Waals surface area contributed by atoms with Gasteiger partial charge in [-0.05, 0) is 36.5 Å². The SMILES string of the molecule is COC(=O)CC1(C#N)CCCc2c(Br)cccc21. The molecule has 1 atom stereocenters. The van der Waals surface area contributed by atoms with Crippen molar-refractivity contribution < 1.29 is 9.53 Å². The molecule has 0 saturated heterocycles. The van der Waals surface area contributed by atoms with E-state index in [4.69, 9.17) is 4.74 Å². The minimum absolute atomic E-state index is 0.128. The van der Waals surface area contributed by atoms with Gasteiger partial charge >= 0.3 is 5.97 Å². The fraction of sp³-hybridized carbons (Fsp3) is 0.429. The van der Waals surface area contributed by atoms with Crippen molar-refractivity contribution in [1.29, 1.82) is 5.26 Å². The van der Waals surface area contributed by atoms with Crippen LogP contribution < -0.4 is 0 Å². The van der Waals surface area contributed by atoms with Crippen LogP contribution in [-0.2, 0) is 21.4 Å². The molecule has 0 amide bonds. The highest BCUT2D eigenvalue weighted by molar-refractivity contribution is 9.10. The Balaban J connectivity index is 2.50. The average molecular weight is 308 g/mol. The first-order valence-electron chi connectivity index (χ1n) is 5.89. The van der Waals surface area contributed by atoms with Crippen LogP contribution >= 0.6 is 15.9 Å². The van der Waals surface area contributed by atoms with Gasteiger partial charge in [-0.2, -0.15) is 5.26 Å². The lowest BCUT2D eigenvalue weighted by molar-refractivity contribution is -0.141. The Morgan fingerprint density at radius 3 is 3.06 bits per heavy atom. The van der Waals surface area contributed by atoms with E-state index in [-0.39, 0.29) is 12.4 Å². The normalized spacial score (nSPS) is 21.8. The van der Waals surface area contributed by atoms with E-state index in [0.29, 0.717) is 6.42 Å². The molecule has 0 aliphatic heterocycles. The first-order chi connectivity index (χ1) is 8.63. The fourth-order valence-electron chi connectivity index (χ4n) is 2.62. The van der Waals surface area contributed by atoms with E-state index in [1.54, 1.807) is 0 Å². The third kappa shape index (κ3) is 2.15. The van der Waals surface area contributed by atoms with E-state index < -0.39 is 5.41 Å². The number of esters is 1. The molecule has 1 unspecified atom stereocenters. The Morgan fingerprint density at radius 2 is 2.39 bits per heavy atom. The summed E-state index contributed by atoms with van der Waals surface area (Å²) in [6, 6.07) is 8.19. The molecule has 1 aliphatic carbocycles. The van der Waals surface area contributed by atoms with E-state index in [1.165, 1.54) is 7.11 Å². The maximum Gasteiger partial charge on any atom is 0.307 e. The number of halogens is 1. The Hall–Kier alpha value is -1.34. The van der Waals surface area contributed by atoms with Crippen LogP contribution in [0.1, 0.15) is 30.4 Å². The summed E-state index contributed by atoms with van der Waals surface area (Å²) < 4.78 is 5.74. The number of hydrogen-bond donors (Lipinski definition) is 0. The van der Waals surface area contributed by atoms with Gasteiger partial charge in [0, 0.05) is 4.47 Å². The molecule has 0 spiro atoms. The van der Waals surface area contributed by atoms with Gasteiger partial charge in [-0.15, -0.1) is 0 Å². The van der Waals surface area contributed by atoms with Gasteiger partial charge in [0.15, 0.2) is 0 Å². The number of nitrogens with zero attached hydrogens (tertiary/aromatic N) is 1. The van der Waals surface area contributed by atoms with Crippen molar-refractivity contribution in [3.8, 4) is 6.07 Å². The topological polar surface area (TPSA) is 50.1 Å². The van der Waals surface area contributed by atoms with Crippen molar-refractivity contribution >= 4 is 21.9 Å². The first kappa shape index (κ1) is 13.1. The minimum atomic E-state index is -0.732. The molecule has 0 aromatic heterocycles. The van der Waals surface area contributed by atoms with E-state index >= 15 is 0 Å². The summed E-state index contributed by atoms with van der Waals surface area (Å²) in [4.78, 5) is 11.6. The van der Waals surface area contributed by atoms with Crippen LogP contribution in [0.15, 0.2) is 22.7 Å². The maximum absolute atomic E-state index is 11.6. The van der Waals surface area contributed by atoms with Gasteiger partial charge in [0.25, 0.3) is 0 Å². The third-order valence-electron chi connectivity index (χ3n) is 3.55. The lowest BCUT2D eigenvalue weighted by Crippen LogP contribution is -2.32. The standard InChI is InChI=1S/C14H14BrNO2/c1-18-13(17)8-14(9-16)7-3-4-10-11(14)5-2-6-12(10)15/h2,5-6H,3-4,7-8H2,1H3. The van der Waals surface area contributed by atoms with Crippen molar-refractivity contribution in [2.75, 3.05) is 7.11 Å². The summed E-state index contributed by atoms with van der Waals surface area (Å²) >= 11 is 3.52. The summed E-state index contributed by atoms with van der Waals surface area (Å²) in [5.41, 5.74) is 1.38. The molecule has 0 bridgehead atoms. The van der Waals surface area contributed by atoms with E-state index in [2.05, 4.69) is 22.0 Å². The van der Waals surface area contributed by atoms with Crippen LogP contribution in [0.2, 0.25) is 0 Å². The van der Waals surface area contributed by atoms with Gasteiger partial charge in [-0.3, -0.25) is 4.79 Å². The lowest BCUT2D eigenvalue weighted by Gasteiger charge is -2.33. The predicted molar refractivity (Wildman–Crippen MR) is 71.0 cm³/mol. The summed E-state index contributed by atoms with van der Waals surface area (Å²) in [6.45, 7) is 0. The molecule has 1 aromatic carbocycles. The number of ether oxygens (including phenoxy) is 1. The highest BCUT2D eigenvalue weighted by Gasteiger charge is 2.39. The number of methoxy groups -OCH3 is 1. The lowest BCUT2D eigenvalue weighted by atomic mass is 9.69. The summed E-state index contributed by atoms with van der Waals surface area (Å²) in [5, 5.41) is 9.55. The van der Waals surface area contributed by atoms with E-state index in [9.17, 15) is 10.1 Å². The summed E-state index contributed by atoms with van der Waals surface area (Å²) in [6.07, 6.45) is 2.70. The number of carbonyl (C=O) groups is 1. The molecule has 1 aromatic rings. The van der Waals surface area contributed by atoms with E-state index in [1.807, 2.05) is 18.2 Å². The van der Waals surface area contributed by atoms with Gasteiger partial charge in [-0.1, -0.05) is 28.1 Å². The maximum atomic E-state index is 11.6. The second kappa shape index (κ2) is 5.11. The fourth-order valence-corrected chi connectivity index (χ4v) is 3.18. The van der Waals surface area contributed by atoms with Crippen LogP contribution in [0.3, 0.4) is 0 Å². The Morgan fingerprint density at radius 1 is 1.61 bits per heavy atom. The molecule has 0 heterocycles. The largest absolute Gasteiger partial charge is 0.469 e. The Kier molecular flexibility index (Phi) is 3.72. The van der Waals surface area contributed by atoms with Crippen molar-refractivity contribution in [2.24, 2.45) is 0 Å². The van der Waals surface area contributed by atoms with Crippen molar-refractivity contribution in [2.45, 2.75) is 31.1 Å². The molecule has 4 heteroatoms. The zero-order valence-corrected chi connectivity index (χ0v) is 11.8. The molecule has 2 rings (SSSR count). The molecular formula is C14H14BrNO2. The molecule has 0 N–H and O–H groups in total. The van der Waals surface area contributed by atoms with E-state index in [0.717, 1.165) is 28.4 Å². The van der Waals surface area contributed by atoms with Crippen LogP contribution in [-0.4, -0.2) is 13.1 Å². The quantitative estimate of drug-likeness (QED) is 0.789. The zero-order chi connectivity index (χ0) is 13.2. The number of rotatable bonds is 2. The van der Waals surface area contributed by atoms with Crippen LogP contribution in [0.25, 0.3) is 0 Å². The van der Waals surface area contributed by atoms with Gasteiger partial charge in [-0.25, -0.2) is 0 Å². The molecule has 0 fully saturated rings. The second-order valence-electron chi connectivity index (χ2n) is 4.57. The van der Waals surface area contributed by atoms with Crippen LogP contribution in [0.4, 0.5) is 0 Å². The molecular weight excluding hydrogens is 294 g/mol. The minimum Gasteiger partial charge on any atom is -0.469 e. The molecule has 94 valence electrons. The molecule has 3 nitrogen and oxygen atoms in total. The highest BCUT2D eigenvalue weighted by Crippen LogP contribution is 2.42. The Labute approximate surface area is 115 Å². The average Bonchev–Trinajstić information content (AvgIpc) is 2.40. The number of fused-ring (bicyclic) bond motifs is 1. The van der Waals surface area contributed by atoms with Gasteiger partial charge in [0.1, 0.15) is 0 Å². The van der Waals surface area contributed by atoms with Crippen molar-refractivity contribution in [3.05, 3.63) is 33.8 Å². The summed E-state index contributed by atoms with van der Waals surface area (Å²) in [7, 11) is 1.36. The molecule has 18 heavy (non-hydrogen) atoms. The third-order valence-corrected chi connectivity index (χ3v) is 4.30. The second-order valence-corrected chi connectivity index (χ2v) is 5.42. The van der Waals surface area contributed by atoms with Gasteiger partial charge in [0.2, 0.25) is 0 Å². The molecule has 0 radical (unpaired) electrons. The highest BCUT2D eigenvalue weighted by atomic mass is 79.9. The monoisotopic (exact) mass is 307 g/mol. The smallest absolute Gasteiger partial charge is 0.307 e. The molecule has 1 aliphatic rings. The zero-order valence-electron chi connectivity index (χ0n) is 10.2. The van der Waals surface area contributed by atoms with Crippen LogP contribution in [0, 0.1) is 11.3 Å². The molecule has 0 saturated carbocycles. The summed E-state index contributed by atoms with van der Waals surface area (Å²) in [5.74, 6) is -0.329. The van der Waals surface area contributed by atoms with Gasteiger partial charge in [0.05, 0.1) is 25.0 Å². The predicted octanol–water partition coefficient (Wildman–Crippen LogP) is 3.11. The van der Waals surface area contributed by atoms with Crippen LogP contribution in [0.5, 0.6) is 0 Å². The number of benzene rings is 1. The number of hydrogen-bond acceptors (Lipinski definition) is 3. The Bertz CT molecular complexity index is 521. The van der Waals surface area contributed by atoms with Crippen molar-refractivity contribution in [1.82, 2.24) is 0 Å². The van der Waals surface area contributed by atoms with Gasteiger partial charge < -0.3 is 4.74 Å². The first-order valence-corrected chi connectivity index (χ1v) is 6.68. The van der Waals surface area contributed by atoms with Crippen molar-refractivity contribution in [3.63, 3.8) is 0 Å².